The number of aromatic nitrogens is 1. The van der Waals surface area contributed by atoms with Crippen LogP contribution in [0.25, 0.3) is 0 Å². The van der Waals surface area contributed by atoms with Crippen LogP contribution in [0.4, 0.5) is 0 Å². The highest BCUT2D eigenvalue weighted by Crippen LogP contribution is 2.25. The van der Waals surface area contributed by atoms with Crippen LogP contribution in [0.15, 0.2) is 10.4 Å². The zero-order valence-corrected chi connectivity index (χ0v) is 17.2. The number of rotatable bonds is 5. The van der Waals surface area contributed by atoms with Crippen molar-refractivity contribution in [2.45, 2.75) is 52.5 Å². The van der Waals surface area contributed by atoms with Gasteiger partial charge in [-0.25, -0.2) is 4.98 Å². The number of halogens is 1. The molecule has 0 aliphatic heterocycles. The molecule has 1 N–H and O–H groups in total. The lowest BCUT2D eigenvalue weighted by Gasteiger charge is -2.21. The van der Waals surface area contributed by atoms with Gasteiger partial charge in [-0.2, -0.15) is 0 Å². The molecule has 0 aliphatic rings. The Morgan fingerprint density at radius 1 is 1.43 bits per heavy atom. The van der Waals surface area contributed by atoms with Crippen LogP contribution in [0.5, 0.6) is 0 Å². The van der Waals surface area contributed by atoms with Crippen molar-refractivity contribution in [3.8, 4) is 0 Å². The van der Waals surface area contributed by atoms with Crippen molar-refractivity contribution in [2.24, 2.45) is 4.99 Å². The molecule has 0 atom stereocenters. The predicted octanol–water partition coefficient (Wildman–Crippen LogP) is 3.87. The molecule has 0 fully saturated rings. The first-order chi connectivity index (χ1) is 9.38. The Labute approximate surface area is 150 Å². The molecule has 1 rings (SSSR count). The normalized spacial score (nSPS) is 12.0. The summed E-state index contributed by atoms with van der Waals surface area (Å²) in [4.78, 5) is 11.2. The summed E-state index contributed by atoms with van der Waals surface area (Å²) in [7, 11) is 3.90. The first-order valence-corrected chi connectivity index (χ1v) is 8.13. The number of hydrogen-bond donors (Lipinski definition) is 1. The fourth-order valence-corrected chi connectivity index (χ4v) is 2.70. The molecule has 0 aromatic carbocycles. The topological polar surface area (TPSA) is 40.5 Å². The summed E-state index contributed by atoms with van der Waals surface area (Å²) in [6.07, 6.45) is 2.38. The lowest BCUT2D eigenvalue weighted by atomic mass is 9.98. The van der Waals surface area contributed by atoms with Gasteiger partial charge in [0.25, 0.3) is 0 Å². The van der Waals surface area contributed by atoms with Gasteiger partial charge in [-0.3, -0.25) is 4.99 Å². The largest absolute Gasteiger partial charge is 0.351 e. The third-order valence-corrected chi connectivity index (χ3v) is 4.36. The summed E-state index contributed by atoms with van der Waals surface area (Å²) in [6.45, 7) is 10.5. The Bertz CT molecular complexity index is 437. The molecule has 1 heterocycles. The average molecular weight is 424 g/mol. The standard InChI is InChI=1S/C15H28N4S.HI/c1-7-8-9-19(6)14(16-5)17-10-12-11-20-13(18-12)15(2,3)4;/h11H,7-10H2,1-6H3,(H,16,17);1H. The third kappa shape index (κ3) is 6.95. The summed E-state index contributed by atoms with van der Waals surface area (Å²) in [5.41, 5.74) is 1.22. The van der Waals surface area contributed by atoms with Crippen molar-refractivity contribution in [3.63, 3.8) is 0 Å². The molecular formula is C15H29IN4S. The average Bonchev–Trinajstić information content (AvgIpc) is 2.85. The Morgan fingerprint density at radius 3 is 2.57 bits per heavy atom. The van der Waals surface area contributed by atoms with Gasteiger partial charge in [0.2, 0.25) is 0 Å². The quantitative estimate of drug-likeness (QED) is 0.443. The zero-order chi connectivity index (χ0) is 15.2. The van der Waals surface area contributed by atoms with Crippen LogP contribution >= 0.6 is 35.3 Å². The van der Waals surface area contributed by atoms with Gasteiger partial charge in [0.1, 0.15) is 0 Å². The van der Waals surface area contributed by atoms with Crippen molar-refractivity contribution in [1.82, 2.24) is 15.2 Å². The lowest BCUT2D eigenvalue weighted by molar-refractivity contribution is 0.464. The maximum absolute atomic E-state index is 4.69. The Morgan fingerprint density at radius 2 is 2.10 bits per heavy atom. The van der Waals surface area contributed by atoms with Crippen LogP contribution in [0.2, 0.25) is 0 Å². The van der Waals surface area contributed by atoms with Gasteiger partial charge in [0.05, 0.1) is 17.2 Å². The van der Waals surface area contributed by atoms with Crippen LogP contribution in [0, 0.1) is 0 Å². The van der Waals surface area contributed by atoms with E-state index in [0.717, 1.165) is 24.7 Å². The molecule has 6 heteroatoms. The summed E-state index contributed by atoms with van der Waals surface area (Å²) in [5.74, 6) is 0.934. The number of guanidine groups is 1. The molecule has 0 radical (unpaired) electrons. The Hall–Kier alpha value is -0.370. The fourth-order valence-electron chi connectivity index (χ4n) is 1.79. The molecule has 0 spiro atoms. The second-order valence-corrected chi connectivity index (χ2v) is 6.93. The van der Waals surface area contributed by atoms with Crippen molar-refractivity contribution in [3.05, 3.63) is 16.1 Å². The van der Waals surface area contributed by atoms with Gasteiger partial charge < -0.3 is 10.2 Å². The number of nitrogens with zero attached hydrogens (tertiary/aromatic N) is 3. The van der Waals surface area contributed by atoms with E-state index in [2.05, 4.69) is 55.3 Å². The molecular weight excluding hydrogens is 395 g/mol. The molecule has 0 bridgehead atoms. The first-order valence-electron chi connectivity index (χ1n) is 7.25. The predicted molar refractivity (Wildman–Crippen MR) is 104 cm³/mol. The third-order valence-electron chi connectivity index (χ3n) is 3.04. The van der Waals surface area contributed by atoms with Crippen LogP contribution in [0.1, 0.15) is 51.2 Å². The van der Waals surface area contributed by atoms with Gasteiger partial charge >= 0.3 is 0 Å². The SMILES string of the molecule is CCCCN(C)C(=NC)NCc1csc(C(C)(C)C)n1.I. The number of unbranched alkanes of at least 4 members (excludes halogenated alkanes) is 1. The minimum atomic E-state index is 0. The Balaban J connectivity index is 0.00000400. The van der Waals surface area contributed by atoms with E-state index >= 15 is 0 Å². The molecule has 21 heavy (non-hydrogen) atoms. The molecule has 122 valence electrons. The molecule has 0 saturated heterocycles. The lowest BCUT2D eigenvalue weighted by Crippen LogP contribution is -2.39. The van der Waals surface area contributed by atoms with Gasteiger partial charge in [-0.1, -0.05) is 34.1 Å². The highest BCUT2D eigenvalue weighted by Gasteiger charge is 2.18. The second-order valence-electron chi connectivity index (χ2n) is 6.07. The fraction of sp³-hybridized carbons (Fsp3) is 0.733. The van der Waals surface area contributed by atoms with E-state index in [0.29, 0.717) is 0 Å². The zero-order valence-electron chi connectivity index (χ0n) is 14.1. The second kappa shape index (κ2) is 9.61. The molecule has 0 saturated carbocycles. The van der Waals surface area contributed by atoms with E-state index in [-0.39, 0.29) is 29.4 Å². The molecule has 0 amide bonds. The number of hydrogen-bond acceptors (Lipinski definition) is 3. The van der Waals surface area contributed by atoms with E-state index in [1.54, 1.807) is 11.3 Å². The van der Waals surface area contributed by atoms with Crippen LogP contribution in [-0.4, -0.2) is 36.5 Å². The molecule has 1 aromatic rings. The van der Waals surface area contributed by atoms with Gasteiger partial charge in [0, 0.05) is 31.4 Å². The molecule has 1 aromatic heterocycles. The van der Waals surface area contributed by atoms with Crippen LogP contribution < -0.4 is 5.32 Å². The maximum Gasteiger partial charge on any atom is 0.193 e. The van der Waals surface area contributed by atoms with E-state index in [1.807, 2.05) is 7.05 Å². The maximum atomic E-state index is 4.69. The first kappa shape index (κ1) is 20.6. The minimum absolute atomic E-state index is 0. The van der Waals surface area contributed by atoms with E-state index < -0.39 is 0 Å². The van der Waals surface area contributed by atoms with E-state index in [9.17, 15) is 0 Å². The molecule has 0 unspecified atom stereocenters. The van der Waals surface area contributed by atoms with Crippen LogP contribution in [-0.2, 0) is 12.0 Å². The number of aliphatic imine (C=N–C) groups is 1. The highest BCUT2D eigenvalue weighted by molar-refractivity contribution is 14.0. The number of thiazole rings is 1. The van der Waals surface area contributed by atoms with Crippen molar-refractivity contribution in [2.75, 3.05) is 20.6 Å². The smallest absolute Gasteiger partial charge is 0.193 e. The van der Waals surface area contributed by atoms with Crippen molar-refractivity contribution >= 4 is 41.3 Å². The summed E-state index contributed by atoms with van der Waals surface area (Å²) in [5, 5.41) is 6.70. The summed E-state index contributed by atoms with van der Waals surface area (Å²) >= 11 is 1.73. The monoisotopic (exact) mass is 424 g/mol. The van der Waals surface area contributed by atoms with Gasteiger partial charge in [0.15, 0.2) is 5.96 Å². The van der Waals surface area contributed by atoms with Crippen molar-refractivity contribution in [1.29, 1.82) is 0 Å². The van der Waals surface area contributed by atoms with Gasteiger partial charge in [-0.15, -0.1) is 35.3 Å². The molecule has 0 aliphatic carbocycles. The van der Waals surface area contributed by atoms with Crippen LogP contribution in [0.3, 0.4) is 0 Å². The highest BCUT2D eigenvalue weighted by atomic mass is 127. The summed E-state index contributed by atoms with van der Waals surface area (Å²) in [6, 6.07) is 0. The van der Waals surface area contributed by atoms with Gasteiger partial charge in [-0.05, 0) is 6.42 Å². The van der Waals surface area contributed by atoms with E-state index in [1.165, 1.54) is 17.8 Å². The molecule has 4 nitrogen and oxygen atoms in total. The van der Waals surface area contributed by atoms with E-state index in [4.69, 9.17) is 4.98 Å². The Kier molecular flexibility index (Phi) is 9.44. The number of nitrogens with one attached hydrogen (secondary N) is 1. The summed E-state index contributed by atoms with van der Waals surface area (Å²) < 4.78 is 0. The van der Waals surface area contributed by atoms with Crippen molar-refractivity contribution < 1.29 is 0 Å². The minimum Gasteiger partial charge on any atom is -0.351 e.